The maximum atomic E-state index is 13.0. The molecule has 0 aliphatic carbocycles. The van der Waals surface area contributed by atoms with Gasteiger partial charge in [0.1, 0.15) is 29.8 Å². The molecular formula is C21H19NO6S. The lowest BCUT2D eigenvalue weighted by atomic mass is 9.88. The van der Waals surface area contributed by atoms with Gasteiger partial charge in [0.05, 0.1) is 0 Å². The molecule has 29 heavy (non-hydrogen) atoms. The normalized spacial score (nSPS) is 13.5. The van der Waals surface area contributed by atoms with E-state index in [1.165, 1.54) is 26.2 Å². The molecule has 7 nitrogen and oxygen atoms in total. The molecule has 1 aliphatic rings. The van der Waals surface area contributed by atoms with Gasteiger partial charge in [0.2, 0.25) is 5.09 Å². The van der Waals surface area contributed by atoms with Crippen molar-refractivity contribution >= 4 is 16.0 Å². The fraction of sp³-hybridized carbons (Fsp3) is 0.190. The molecule has 0 fully saturated rings. The van der Waals surface area contributed by atoms with Crippen LogP contribution in [-0.4, -0.2) is 32.8 Å². The van der Waals surface area contributed by atoms with Crippen LogP contribution in [0.3, 0.4) is 0 Å². The Morgan fingerprint density at radius 3 is 2.14 bits per heavy atom. The zero-order valence-electron chi connectivity index (χ0n) is 15.9. The Hall–Kier alpha value is -3.10. The van der Waals surface area contributed by atoms with Crippen molar-refractivity contribution in [2.45, 2.75) is 17.6 Å². The van der Waals surface area contributed by atoms with Crippen molar-refractivity contribution in [3.63, 3.8) is 0 Å². The zero-order valence-corrected chi connectivity index (χ0v) is 16.7. The minimum Gasteiger partial charge on any atom is -0.457 e. The highest BCUT2D eigenvalue weighted by Crippen LogP contribution is 2.44. The smallest absolute Gasteiger partial charge is 0.318 e. The number of carbonyl (C=O) groups is 1. The van der Waals surface area contributed by atoms with Gasteiger partial charge in [0.15, 0.2) is 0 Å². The number of esters is 1. The second kappa shape index (κ2) is 7.38. The lowest BCUT2D eigenvalue weighted by Crippen LogP contribution is -2.21. The molecule has 0 amide bonds. The number of nitrogens with zero attached hydrogens (tertiary/aromatic N) is 1. The number of furan rings is 1. The lowest BCUT2D eigenvalue weighted by Gasteiger charge is -2.26. The zero-order chi connectivity index (χ0) is 20.6. The van der Waals surface area contributed by atoms with Crippen LogP contribution in [0.25, 0.3) is 0 Å². The highest BCUT2D eigenvalue weighted by atomic mass is 32.2. The maximum absolute atomic E-state index is 13.0. The summed E-state index contributed by atoms with van der Waals surface area (Å²) in [5.74, 6) is 0.334. The summed E-state index contributed by atoms with van der Waals surface area (Å²) in [5.41, 5.74) is 1.43. The Kier molecular flexibility index (Phi) is 4.89. The van der Waals surface area contributed by atoms with Crippen molar-refractivity contribution in [2.75, 3.05) is 14.1 Å². The van der Waals surface area contributed by atoms with Crippen LogP contribution in [0.4, 0.5) is 0 Å². The molecule has 0 unspecified atom stereocenters. The van der Waals surface area contributed by atoms with Gasteiger partial charge in [0, 0.05) is 25.2 Å². The number of sulfonamides is 1. The first-order valence-corrected chi connectivity index (χ1v) is 10.4. The second-order valence-electron chi connectivity index (χ2n) is 6.73. The van der Waals surface area contributed by atoms with Crippen LogP contribution in [0.1, 0.15) is 22.8 Å². The maximum Gasteiger partial charge on any atom is 0.318 e. The monoisotopic (exact) mass is 413 g/mol. The summed E-state index contributed by atoms with van der Waals surface area (Å²) in [7, 11) is -0.857. The highest BCUT2D eigenvalue weighted by molar-refractivity contribution is 7.88. The third-order valence-electron chi connectivity index (χ3n) is 4.64. The molecule has 0 saturated carbocycles. The van der Waals surface area contributed by atoms with Crippen LogP contribution in [0.5, 0.6) is 11.5 Å². The van der Waals surface area contributed by atoms with Crippen LogP contribution in [0, 0.1) is 0 Å². The van der Waals surface area contributed by atoms with Gasteiger partial charge in [0.25, 0.3) is 10.0 Å². The Labute approximate surface area is 168 Å². The molecule has 3 aromatic rings. The number of ether oxygens (including phenoxy) is 2. The number of benzene rings is 2. The number of para-hydroxylation sites is 2. The third kappa shape index (κ3) is 3.52. The Morgan fingerprint density at radius 1 is 0.966 bits per heavy atom. The minimum atomic E-state index is -3.69. The molecule has 150 valence electrons. The molecule has 8 heteroatoms. The highest BCUT2D eigenvalue weighted by Gasteiger charge is 2.33. The predicted octanol–water partition coefficient (Wildman–Crippen LogP) is 3.51. The standard InChI is InChI=1S/C21H19NO6S/c1-22(2)29(24,25)19-12-11-14(27-19)13-26-21(23)20-15-7-3-5-9-17(15)28-18-10-6-4-8-16(18)20/h3-12,20H,13H2,1-2H3. The molecule has 0 spiro atoms. The van der Waals surface area contributed by atoms with Crippen molar-refractivity contribution in [3.05, 3.63) is 77.6 Å². The lowest BCUT2D eigenvalue weighted by molar-refractivity contribution is -0.146. The SMILES string of the molecule is CN(C)S(=O)(=O)c1ccc(COC(=O)C2c3ccccc3Oc3ccccc32)o1. The number of fused-ring (bicyclic) bond motifs is 2. The van der Waals surface area contributed by atoms with Crippen LogP contribution in [-0.2, 0) is 26.2 Å². The molecule has 2 aromatic carbocycles. The summed E-state index contributed by atoms with van der Waals surface area (Å²) in [6, 6.07) is 17.4. The predicted molar refractivity (Wildman–Crippen MR) is 104 cm³/mol. The van der Waals surface area contributed by atoms with Crippen molar-refractivity contribution in [1.29, 1.82) is 0 Å². The first-order valence-electron chi connectivity index (χ1n) is 8.91. The van der Waals surface area contributed by atoms with Gasteiger partial charge < -0.3 is 13.9 Å². The number of hydrogen-bond acceptors (Lipinski definition) is 6. The Morgan fingerprint density at radius 2 is 1.55 bits per heavy atom. The van der Waals surface area contributed by atoms with Crippen molar-refractivity contribution in [3.8, 4) is 11.5 Å². The van der Waals surface area contributed by atoms with Gasteiger partial charge >= 0.3 is 5.97 Å². The fourth-order valence-electron chi connectivity index (χ4n) is 3.14. The summed E-state index contributed by atoms with van der Waals surface area (Å²) in [5, 5.41) is -0.199. The van der Waals surface area contributed by atoms with E-state index in [0.717, 1.165) is 4.31 Å². The number of rotatable bonds is 5. The Bertz CT molecular complexity index is 1120. The molecular weight excluding hydrogens is 394 g/mol. The third-order valence-corrected chi connectivity index (χ3v) is 6.33. The van der Waals surface area contributed by atoms with E-state index < -0.39 is 21.9 Å². The molecule has 0 N–H and O–H groups in total. The molecule has 1 aromatic heterocycles. The van der Waals surface area contributed by atoms with Gasteiger partial charge in [-0.1, -0.05) is 36.4 Å². The van der Waals surface area contributed by atoms with Crippen molar-refractivity contribution in [1.82, 2.24) is 4.31 Å². The van der Waals surface area contributed by atoms with E-state index in [4.69, 9.17) is 13.9 Å². The van der Waals surface area contributed by atoms with E-state index in [1.807, 2.05) is 36.4 Å². The van der Waals surface area contributed by atoms with Gasteiger partial charge in [-0.3, -0.25) is 4.79 Å². The first-order chi connectivity index (χ1) is 13.9. The molecule has 0 radical (unpaired) electrons. The fourth-order valence-corrected chi connectivity index (χ4v) is 3.96. The van der Waals surface area contributed by atoms with Crippen LogP contribution in [0.2, 0.25) is 0 Å². The van der Waals surface area contributed by atoms with Gasteiger partial charge in [-0.25, -0.2) is 12.7 Å². The van der Waals surface area contributed by atoms with E-state index in [-0.39, 0.29) is 17.5 Å². The molecule has 0 bridgehead atoms. The van der Waals surface area contributed by atoms with Crippen LogP contribution < -0.4 is 4.74 Å². The summed E-state index contributed by atoms with van der Waals surface area (Å²) in [6.07, 6.45) is 0. The van der Waals surface area contributed by atoms with Crippen LogP contribution >= 0.6 is 0 Å². The molecule has 0 atom stereocenters. The van der Waals surface area contributed by atoms with Crippen molar-refractivity contribution < 1.29 is 27.1 Å². The summed E-state index contributed by atoms with van der Waals surface area (Å²) < 4.78 is 42.0. The second-order valence-corrected chi connectivity index (χ2v) is 8.81. The molecule has 1 aliphatic heterocycles. The topological polar surface area (TPSA) is 86.0 Å². The summed E-state index contributed by atoms with van der Waals surface area (Å²) >= 11 is 0. The molecule has 0 saturated heterocycles. The summed E-state index contributed by atoms with van der Waals surface area (Å²) in [4.78, 5) is 13.0. The molecule has 2 heterocycles. The van der Waals surface area contributed by atoms with Crippen LogP contribution in [0.15, 0.2) is 70.2 Å². The number of hydrogen-bond donors (Lipinski definition) is 0. The van der Waals surface area contributed by atoms with Gasteiger partial charge in [-0.05, 0) is 24.3 Å². The van der Waals surface area contributed by atoms with Gasteiger partial charge in [-0.15, -0.1) is 0 Å². The number of carbonyl (C=O) groups excluding carboxylic acids is 1. The minimum absolute atomic E-state index is 0.177. The van der Waals surface area contributed by atoms with E-state index >= 15 is 0 Å². The molecule has 4 rings (SSSR count). The van der Waals surface area contributed by atoms with E-state index in [1.54, 1.807) is 12.1 Å². The van der Waals surface area contributed by atoms with E-state index in [0.29, 0.717) is 22.6 Å². The van der Waals surface area contributed by atoms with Crippen molar-refractivity contribution in [2.24, 2.45) is 0 Å². The largest absolute Gasteiger partial charge is 0.457 e. The summed E-state index contributed by atoms with van der Waals surface area (Å²) in [6.45, 7) is -0.177. The van der Waals surface area contributed by atoms with E-state index in [9.17, 15) is 13.2 Å². The average Bonchev–Trinajstić information content (AvgIpc) is 3.20. The average molecular weight is 413 g/mol. The van der Waals surface area contributed by atoms with Gasteiger partial charge in [-0.2, -0.15) is 0 Å². The quantitative estimate of drug-likeness (QED) is 0.595. The first kappa shape index (κ1) is 19.2. The Balaban J connectivity index is 1.57. The van der Waals surface area contributed by atoms with E-state index in [2.05, 4.69) is 0 Å².